The molecular weight excluding hydrogens is 372 g/mol. The summed E-state index contributed by atoms with van der Waals surface area (Å²) in [6.45, 7) is 0. The van der Waals surface area contributed by atoms with E-state index in [9.17, 15) is 9.59 Å². The Balaban J connectivity index is 1.62. The molecule has 2 N–H and O–H groups in total. The van der Waals surface area contributed by atoms with Crippen molar-refractivity contribution in [3.05, 3.63) is 82.7 Å². The van der Waals surface area contributed by atoms with E-state index < -0.39 is 11.8 Å². The highest BCUT2D eigenvalue weighted by Gasteiger charge is 2.12. The van der Waals surface area contributed by atoms with Crippen molar-refractivity contribution in [1.29, 1.82) is 0 Å². The number of halogens is 1. The summed E-state index contributed by atoms with van der Waals surface area (Å²) >= 11 is 3.11. The summed E-state index contributed by atoms with van der Waals surface area (Å²) in [6, 6.07) is 20.1. The Kier molecular flexibility index (Phi) is 4.77. The van der Waals surface area contributed by atoms with Gasteiger partial charge in [-0.3, -0.25) is 20.4 Å². The topological polar surface area (TPSA) is 71.3 Å². The lowest BCUT2D eigenvalue weighted by molar-refractivity contribution is 0.0830. The van der Waals surface area contributed by atoms with Gasteiger partial charge < -0.3 is 4.42 Å². The van der Waals surface area contributed by atoms with Crippen LogP contribution in [0.4, 0.5) is 0 Å². The van der Waals surface area contributed by atoms with E-state index >= 15 is 0 Å². The third-order valence-electron chi connectivity index (χ3n) is 3.34. The zero-order chi connectivity index (χ0) is 16.9. The number of amides is 2. The van der Waals surface area contributed by atoms with Gasteiger partial charge >= 0.3 is 5.91 Å². The minimum Gasteiger partial charge on any atom is -0.444 e. The molecule has 2 amide bonds. The molecule has 0 unspecified atom stereocenters. The summed E-state index contributed by atoms with van der Waals surface area (Å²) in [6.07, 6.45) is 0. The molecule has 0 saturated heterocycles. The monoisotopic (exact) mass is 384 g/mol. The maximum Gasteiger partial charge on any atom is 0.305 e. The summed E-state index contributed by atoms with van der Waals surface area (Å²) in [5.74, 6) is -0.842. The second kappa shape index (κ2) is 7.14. The molecule has 0 atom stereocenters. The van der Waals surface area contributed by atoms with Crippen LogP contribution in [0, 0.1) is 0 Å². The molecule has 0 spiro atoms. The molecule has 0 radical (unpaired) electrons. The molecule has 0 saturated carbocycles. The van der Waals surface area contributed by atoms with Gasteiger partial charge in [0.05, 0.1) is 0 Å². The van der Waals surface area contributed by atoms with Crippen LogP contribution in [0.15, 0.2) is 75.8 Å². The number of hydrazine groups is 1. The molecule has 0 fully saturated rings. The standard InChI is InChI=1S/C18H13BrN2O3/c19-16-11-10-15(24-16)18(23)21-20-17(22)14-8-6-13(7-9-14)12-4-2-1-3-5-12/h1-11H,(H,20,22)(H,21,23). The van der Waals surface area contributed by atoms with Crippen LogP contribution in [-0.4, -0.2) is 11.8 Å². The summed E-state index contributed by atoms with van der Waals surface area (Å²) < 4.78 is 5.54. The van der Waals surface area contributed by atoms with Gasteiger partial charge in [-0.25, -0.2) is 0 Å². The largest absolute Gasteiger partial charge is 0.444 e. The number of hydrogen-bond donors (Lipinski definition) is 2. The lowest BCUT2D eigenvalue weighted by atomic mass is 10.0. The van der Waals surface area contributed by atoms with E-state index in [1.165, 1.54) is 6.07 Å². The molecule has 0 bridgehead atoms. The first-order valence-electron chi connectivity index (χ1n) is 7.15. The molecule has 3 rings (SSSR count). The van der Waals surface area contributed by atoms with Crippen molar-refractivity contribution in [1.82, 2.24) is 10.9 Å². The number of benzene rings is 2. The summed E-state index contributed by atoms with van der Waals surface area (Å²) in [5, 5.41) is 0. The molecule has 1 heterocycles. The van der Waals surface area contributed by atoms with Crippen molar-refractivity contribution in [2.24, 2.45) is 0 Å². The minimum atomic E-state index is -0.532. The normalized spacial score (nSPS) is 10.2. The zero-order valence-corrected chi connectivity index (χ0v) is 14.0. The lowest BCUT2D eigenvalue weighted by Crippen LogP contribution is -2.41. The number of furan rings is 1. The van der Waals surface area contributed by atoms with Crippen molar-refractivity contribution < 1.29 is 14.0 Å². The van der Waals surface area contributed by atoms with E-state index in [2.05, 4.69) is 26.8 Å². The van der Waals surface area contributed by atoms with E-state index in [0.717, 1.165) is 11.1 Å². The Morgan fingerprint density at radius 2 is 1.38 bits per heavy atom. The van der Waals surface area contributed by atoms with E-state index in [0.29, 0.717) is 10.2 Å². The van der Waals surface area contributed by atoms with Gasteiger partial charge in [0.2, 0.25) is 0 Å². The Morgan fingerprint density at radius 1 is 0.750 bits per heavy atom. The molecule has 24 heavy (non-hydrogen) atoms. The molecule has 0 aliphatic carbocycles. The number of hydrogen-bond acceptors (Lipinski definition) is 3. The predicted molar refractivity (Wildman–Crippen MR) is 93.2 cm³/mol. The fourth-order valence-electron chi connectivity index (χ4n) is 2.13. The Bertz CT molecular complexity index is 857. The quantitative estimate of drug-likeness (QED) is 0.674. The van der Waals surface area contributed by atoms with Crippen LogP contribution in [0.1, 0.15) is 20.9 Å². The van der Waals surface area contributed by atoms with Crippen molar-refractivity contribution in [3.63, 3.8) is 0 Å². The van der Waals surface area contributed by atoms with Gasteiger partial charge in [0.25, 0.3) is 5.91 Å². The number of carbonyl (C=O) groups is 2. The second-order valence-corrected chi connectivity index (χ2v) is 5.74. The average Bonchev–Trinajstić information content (AvgIpc) is 3.07. The fourth-order valence-corrected chi connectivity index (χ4v) is 2.43. The molecule has 3 aromatic rings. The van der Waals surface area contributed by atoms with Crippen LogP contribution in [0.5, 0.6) is 0 Å². The van der Waals surface area contributed by atoms with Gasteiger partial charge in [0.1, 0.15) is 0 Å². The SMILES string of the molecule is O=C(NNC(=O)c1ccc(Br)o1)c1ccc(-c2ccccc2)cc1. The van der Waals surface area contributed by atoms with Crippen molar-refractivity contribution >= 4 is 27.7 Å². The van der Waals surface area contributed by atoms with Crippen LogP contribution in [-0.2, 0) is 0 Å². The summed E-state index contributed by atoms with van der Waals surface area (Å²) in [7, 11) is 0. The first-order chi connectivity index (χ1) is 11.6. The van der Waals surface area contributed by atoms with Gasteiger partial charge in [-0.2, -0.15) is 0 Å². The van der Waals surface area contributed by atoms with Gasteiger partial charge in [-0.15, -0.1) is 0 Å². The van der Waals surface area contributed by atoms with Crippen LogP contribution in [0.2, 0.25) is 0 Å². The first kappa shape index (κ1) is 16.0. The van der Waals surface area contributed by atoms with Gasteiger partial charge in [0, 0.05) is 5.56 Å². The third-order valence-corrected chi connectivity index (χ3v) is 3.77. The van der Waals surface area contributed by atoms with Crippen molar-refractivity contribution in [2.45, 2.75) is 0 Å². The highest BCUT2D eigenvalue weighted by atomic mass is 79.9. The first-order valence-corrected chi connectivity index (χ1v) is 7.94. The number of nitrogens with one attached hydrogen (secondary N) is 2. The maximum absolute atomic E-state index is 12.1. The zero-order valence-electron chi connectivity index (χ0n) is 12.5. The van der Waals surface area contributed by atoms with Crippen LogP contribution >= 0.6 is 15.9 Å². The third kappa shape index (κ3) is 3.72. The Hall–Kier alpha value is -2.86. The van der Waals surface area contributed by atoms with E-state index in [-0.39, 0.29) is 5.76 Å². The maximum atomic E-state index is 12.1. The highest BCUT2D eigenvalue weighted by Crippen LogP contribution is 2.19. The minimum absolute atomic E-state index is 0.0987. The van der Waals surface area contributed by atoms with E-state index in [1.807, 2.05) is 42.5 Å². The Labute approximate surface area is 146 Å². The number of carbonyl (C=O) groups excluding carboxylic acids is 2. The van der Waals surface area contributed by atoms with E-state index in [4.69, 9.17) is 4.42 Å². The predicted octanol–water partition coefficient (Wildman–Crippen LogP) is 3.78. The van der Waals surface area contributed by atoms with Gasteiger partial charge in [0.15, 0.2) is 10.4 Å². The molecule has 2 aromatic carbocycles. The molecule has 0 aliphatic rings. The summed E-state index contributed by atoms with van der Waals surface area (Å²) in [4.78, 5) is 23.9. The highest BCUT2D eigenvalue weighted by molar-refractivity contribution is 9.10. The molecule has 6 heteroatoms. The molecule has 0 aliphatic heterocycles. The Morgan fingerprint density at radius 3 is 2.00 bits per heavy atom. The molecule has 5 nitrogen and oxygen atoms in total. The second-order valence-electron chi connectivity index (χ2n) is 4.96. The molecule has 1 aromatic heterocycles. The summed E-state index contributed by atoms with van der Waals surface area (Å²) in [5.41, 5.74) is 7.18. The molecular formula is C18H13BrN2O3. The van der Waals surface area contributed by atoms with Gasteiger partial charge in [-0.05, 0) is 51.3 Å². The van der Waals surface area contributed by atoms with Crippen LogP contribution in [0.3, 0.4) is 0 Å². The average molecular weight is 385 g/mol. The van der Waals surface area contributed by atoms with Crippen LogP contribution in [0.25, 0.3) is 11.1 Å². The van der Waals surface area contributed by atoms with Gasteiger partial charge in [-0.1, -0.05) is 42.5 Å². The van der Waals surface area contributed by atoms with Crippen molar-refractivity contribution in [2.75, 3.05) is 0 Å². The fraction of sp³-hybridized carbons (Fsp3) is 0. The smallest absolute Gasteiger partial charge is 0.305 e. The van der Waals surface area contributed by atoms with Crippen molar-refractivity contribution in [3.8, 4) is 11.1 Å². The molecule has 120 valence electrons. The van der Waals surface area contributed by atoms with E-state index in [1.54, 1.807) is 18.2 Å². The lowest BCUT2D eigenvalue weighted by Gasteiger charge is -2.07. The van der Waals surface area contributed by atoms with Crippen LogP contribution < -0.4 is 10.9 Å². The number of rotatable bonds is 3.